The van der Waals surface area contributed by atoms with Gasteiger partial charge in [0.25, 0.3) is 0 Å². The van der Waals surface area contributed by atoms with Crippen LogP contribution in [0.3, 0.4) is 0 Å². The molecule has 2 rings (SSSR count). The monoisotopic (exact) mass is 343 g/mol. The van der Waals surface area contributed by atoms with Crippen LogP contribution in [0.1, 0.15) is 16.7 Å². The number of hydrogen-bond donors (Lipinski definition) is 2. The lowest BCUT2D eigenvalue weighted by molar-refractivity contribution is -0.127. The van der Waals surface area contributed by atoms with Crippen LogP contribution in [0.2, 0.25) is 0 Å². The third-order valence-corrected chi connectivity index (χ3v) is 3.57. The summed E-state index contributed by atoms with van der Waals surface area (Å²) in [4.78, 5) is 23.6. The molecule has 0 unspecified atom stereocenters. The molecule has 0 saturated carbocycles. The second-order valence-corrected chi connectivity index (χ2v) is 5.42. The zero-order valence-corrected chi connectivity index (χ0v) is 13.1. The molecule has 128 valence electrons. The minimum Gasteiger partial charge on any atom is -0.368 e. The van der Waals surface area contributed by atoms with E-state index < -0.39 is 35.9 Å². The fourth-order valence-corrected chi connectivity index (χ4v) is 2.33. The van der Waals surface area contributed by atoms with Crippen molar-refractivity contribution in [2.24, 2.45) is 5.73 Å². The first-order valence-electron chi connectivity index (χ1n) is 7.41. The summed E-state index contributed by atoms with van der Waals surface area (Å²) in [5.41, 5.74) is 5.94. The Balaban J connectivity index is 2.09. The molecule has 0 spiro atoms. The van der Waals surface area contributed by atoms with Crippen LogP contribution in [-0.2, 0) is 22.4 Å². The number of rotatable bonds is 6. The van der Waals surface area contributed by atoms with Crippen LogP contribution >= 0.6 is 0 Å². The van der Waals surface area contributed by atoms with Gasteiger partial charge in [0.2, 0.25) is 11.8 Å². The summed E-state index contributed by atoms with van der Waals surface area (Å²) in [7, 11) is 0. The number of carbonyl (C=O) groups excluding carboxylic acids is 2. The zero-order valence-electron chi connectivity index (χ0n) is 13.1. The lowest BCUT2D eigenvalue weighted by Gasteiger charge is -2.16. The normalized spacial score (nSPS) is 11.4. The molecule has 5 nitrogen and oxygen atoms in total. The molecule has 0 heterocycles. The Kier molecular flexibility index (Phi) is 5.79. The van der Waals surface area contributed by atoms with Gasteiger partial charge in [-0.25, -0.2) is 8.78 Å². The van der Waals surface area contributed by atoms with Gasteiger partial charge in [0.15, 0.2) is 0 Å². The van der Waals surface area contributed by atoms with Gasteiger partial charge in [0.05, 0.1) is 18.1 Å². The summed E-state index contributed by atoms with van der Waals surface area (Å²) in [6, 6.07) is 10.7. The van der Waals surface area contributed by atoms with E-state index in [9.17, 15) is 18.4 Å². The molecule has 0 fully saturated rings. The van der Waals surface area contributed by atoms with Gasteiger partial charge in [-0.1, -0.05) is 18.2 Å². The van der Waals surface area contributed by atoms with E-state index in [-0.39, 0.29) is 12.0 Å². The van der Waals surface area contributed by atoms with Crippen LogP contribution < -0.4 is 11.1 Å². The molecule has 0 aromatic heterocycles. The third-order valence-electron chi connectivity index (χ3n) is 3.57. The number of nitriles is 1. The number of nitrogens with one attached hydrogen (secondary N) is 1. The van der Waals surface area contributed by atoms with Crippen molar-refractivity contribution in [2.45, 2.75) is 18.9 Å². The third kappa shape index (κ3) is 4.85. The first-order chi connectivity index (χ1) is 11.9. The van der Waals surface area contributed by atoms with Crippen molar-refractivity contribution in [3.05, 3.63) is 70.8 Å². The first-order valence-corrected chi connectivity index (χ1v) is 7.41. The molecule has 2 amide bonds. The number of nitrogens with two attached hydrogens (primary N) is 1. The number of benzene rings is 2. The summed E-state index contributed by atoms with van der Waals surface area (Å²) in [6.45, 7) is 0. The van der Waals surface area contributed by atoms with Crippen molar-refractivity contribution in [1.82, 2.24) is 5.32 Å². The Hall–Kier alpha value is -3.27. The summed E-state index contributed by atoms with van der Waals surface area (Å²) >= 11 is 0. The number of hydrogen-bond acceptors (Lipinski definition) is 3. The summed E-state index contributed by atoms with van der Waals surface area (Å²) < 4.78 is 27.2. The lowest BCUT2D eigenvalue weighted by Crippen LogP contribution is -2.46. The highest BCUT2D eigenvalue weighted by Crippen LogP contribution is 2.13. The van der Waals surface area contributed by atoms with Crippen LogP contribution in [0, 0.1) is 23.0 Å². The molecule has 0 aliphatic carbocycles. The van der Waals surface area contributed by atoms with E-state index in [2.05, 4.69) is 5.32 Å². The fraction of sp³-hybridized carbons (Fsp3) is 0.167. The number of halogens is 2. The van der Waals surface area contributed by atoms with Crippen molar-refractivity contribution in [3.63, 3.8) is 0 Å². The average Bonchev–Trinajstić information content (AvgIpc) is 2.58. The van der Waals surface area contributed by atoms with Crippen molar-refractivity contribution in [2.75, 3.05) is 0 Å². The number of carbonyl (C=O) groups is 2. The van der Waals surface area contributed by atoms with E-state index >= 15 is 0 Å². The van der Waals surface area contributed by atoms with E-state index in [1.54, 1.807) is 24.3 Å². The molecule has 2 aromatic rings. The number of primary amides is 1. The van der Waals surface area contributed by atoms with Gasteiger partial charge in [-0.05, 0) is 29.8 Å². The van der Waals surface area contributed by atoms with Gasteiger partial charge in [0, 0.05) is 12.0 Å². The van der Waals surface area contributed by atoms with Crippen molar-refractivity contribution in [3.8, 4) is 6.07 Å². The molecular weight excluding hydrogens is 328 g/mol. The predicted molar refractivity (Wildman–Crippen MR) is 86.0 cm³/mol. The largest absolute Gasteiger partial charge is 0.368 e. The Labute approximate surface area is 143 Å². The minimum atomic E-state index is -1.06. The van der Waals surface area contributed by atoms with Crippen LogP contribution in [0.5, 0.6) is 0 Å². The summed E-state index contributed by atoms with van der Waals surface area (Å²) in [5.74, 6) is -3.20. The Morgan fingerprint density at radius 3 is 2.40 bits per heavy atom. The molecule has 0 bridgehead atoms. The van der Waals surface area contributed by atoms with Gasteiger partial charge >= 0.3 is 0 Å². The van der Waals surface area contributed by atoms with Crippen molar-refractivity contribution >= 4 is 11.8 Å². The topological polar surface area (TPSA) is 96.0 Å². The van der Waals surface area contributed by atoms with Crippen molar-refractivity contribution in [1.29, 1.82) is 5.26 Å². The molecule has 0 saturated heterocycles. The highest BCUT2D eigenvalue weighted by atomic mass is 19.1. The first kappa shape index (κ1) is 18.1. The highest BCUT2D eigenvalue weighted by Gasteiger charge is 2.21. The predicted octanol–water partition coefficient (Wildman–Crippen LogP) is 1.59. The van der Waals surface area contributed by atoms with Gasteiger partial charge in [0.1, 0.15) is 17.7 Å². The molecule has 7 heteroatoms. The zero-order chi connectivity index (χ0) is 18.4. The second kappa shape index (κ2) is 8.02. The summed E-state index contributed by atoms with van der Waals surface area (Å²) in [6.07, 6.45) is -0.489. The molecule has 25 heavy (non-hydrogen) atoms. The maximum Gasteiger partial charge on any atom is 0.240 e. The van der Waals surface area contributed by atoms with Gasteiger partial charge in [-0.15, -0.1) is 0 Å². The van der Waals surface area contributed by atoms with Crippen LogP contribution in [0.25, 0.3) is 0 Å². The maximum absolute atomic E-state index is 13.6. The lowest BCUT2D eigenvalue weighted by atomic mass is 10.0. The van der Waals surface area contributed by atoms with Crippen LogP contribution in [-0.4, -0.2) is 17.9 Å². The Morgan fingerprint density at radius 1 is 1.16 bits per heavy atom. The highest BCUT2D eigenvalue weighted by molar-refractivity contribution is 5.87. The SMILES string of the molecule is N#Cc1cccc(C[C@H](NC(=O)Cc2c(F)cccc2F)C(N)=O)c1. The van der Waals surface area contributed by atoms with Gasteiger partial charge in [-0.2, -0.15) is 5.26 Å². The quantitative estimate of drug-likeness (QED) is 0.834. The van der Waals surface area contributed by atoms with E-state index in [4.69, 9.17) is 11.0 Å². The van der Waals surface area contributed by atoms with E-state index in [1.807, 2.05) is 6.07 Å². The second-order valence-electron chi connectivity index (χ2n) is 5.42. The molecule has 2 aromatic carbocycles. The minimum absolute atomic E-state index is 0.0658. The molecule has 0 radical (unpaired) electrons. The van der Waals surface area contributed by atoms with Crippen LogP contribution in [0.15, 0.2) is 42.5 Å². The smallest absolute Gasteiger partial charge is 0.240 e. The molecular formula is C18H15F2N3O2. The van der Waals surface area contributed by atoms with E-state index in [0.717, 1.165) is 12.1 Å². The Morgan fingerprint density at radius 2 is 1.80 bits per heavy atom. The molecule has 3 N–H and O–H groups in total. The molecule has 0 aliphatic rings. The Bertz CT molecular complexity index is 826. The molecule has 0 aliphatic heterocycles. The molecule has 1 atom stereocenters. The summed E-state index contributed by atoms with van der Waals surface area (Å²) in [5, 5.41) is 11.3. The standard InChI is InChI=1S/C18H15F2N3O2/c19-14-5-2-6-15(20)13(14)9-17(24)23-16(18(22)25)8-11-3-1-4-12(7-11)10-21/h1-7,16H,8-9H2,(H2,22,25)(H,23,24)/t16-/m0/s1. The van der Waals surface area contributed by atoms with E-state index in [0.29, 0.717) is 11.1 Å². The fourth-order valence-electron chi connectivity index (χ4n) is 2.33. The number of nitrogens with zero attached hydrogens (tertiary/aromatic N) is 1. The number of amides is 2. The van der Waals surface area contributed by atoms with Gasteiger partial charge < -0.3 is 11.1 Å². The van der Waals surface area contributed by atoms with Crippen molar-refractivity contribution < 1.29 is 18.4 Å². The van der Waals surface area contributed by atoms with Gasteiger partial charge in [-0.3, -0.25) is 9.59 Å². The average molecular weight is 343 g/mol. The maximum atomic E-state index is 13.6. The van der Waals surface area contributed by atoms with E-state index in [1.165, 1.54) is 6.07 Å². The van der Waals surface area contributed by atoms with Crippen LogP contribution in [0.4, 0.5) is 8.78 Å².